The molecule has 0 aliphatic carbocycles. The molecular formula is C5H11NO2S. The molecule has 0 aliphatic heterocycles. The first-order valence-electron chi connectivity index (χ1n) is 2.71. The molecule has 3 nitrogen and oxygen atoms in total. The minimum atomic E-state index is -1.02. The molecular weight excluding hydrogens is 138 g/mol. The summed E-state index contributed by atoms with van der Waals surface area (Å²) in [6.45, 7) is 3.79. The van der Waals surface area contributed by atoms with Gasteiger partial charge in [-0.3, -0.25) is 0 Å². The minimum absolute atomic E-state index is 0.226. The highest BCUT2D eigenvalue weighted by Crippen LogP contribution is 2.03. The van der Waals surface area contributed by atoms with Crippen molar-refractivity contribution in [1.82, 2.24) is 5.32 Å². The van der Waals surface area contributed by atoms with E-state index >= 15 is 0 Å². The lowest BCUT2D eigenvalue weighted by atomic mass is 10.2. The van der Waals surface area contributed by atoms with Gasteiger partial charge in [0.15, 0.2) is 0 Å². The monoisotopic (exact) mass is 149 g/mol. The van der Waals surface area contributed by atoms with Crippen LogP contribution < -0.4 is 5.32 Å². The van der Waals surface area contributed by atoms with Gasteiger partial charge in [0.1, 0.15) is 0 Å². The fourth-order valence-electron chi connectivity index (χ4n) is 0.293. The van der Waals surface area contributed by atoms with E-state index in [1.807, 2.05) is 13.8 Å². The zero-order valence-electron chi connectivity index (χ0n) is 5.46. The molecule has 4 heteroatoms. The molecule has 1 atom stereocenters. The largest absolute Gasteiger partial charge is 0.465 e. The second kappa shape index (κ2) is 3.61. The maximum absolute atomic E-state index is 9.95. The SMILES string of the molecule is CC(C)C(S)NC(=O)O. The number of nitrogens with one attached hydrogen (secondary N) is 1. The van der Waals surface area contributed by atoms with Gasteiger partial charge in [-0.15, -0.1) is 0 Å². The number of carboxylic acid groups (broad SMARTS) is 1. The first-order chi connectivity index (χ1) is 4.04. The van der Waals surface area contributed by atoms with Gasteiger partial charge in [-0.05, 0) is 5.92 Å². The third-order valence-corrected chi connectivity index (χ3v) is 1.63. The van der Waals surface area contributed by atoms with Gasteiger partial charge in [0, 0.05) is 0 Å². The molecule has 0 radical (unpaired) electrons. The van der Waals surface area contributed by atoms with Gasteiger partial charge in [0.25, 0.3) is 0 Å². The summed E-state index contributed by atoms with van der Waals surface area (Å²) in [4.78, 5) is 9.95. The Bertz CT molecular complexity index is 105. The van der Waals surface area contributed by atoms with Gasteiger partial charge in [0.05, 0.1) is 5.37 Å². The summed E-state index contributed by atoms with van der Waals surface area (Å²) in [5, 5.41) is 10.1. The maximum atomic E-state index is 9.95. The number of thiol groups is 1. The Balaban J connectivity index is 3.50. The predicted octanol–water partition coefficient (Wildman–Crippen LogP) is 1.17. The molecule has 0 heterocycles. The normalized spacial score (nSPS) is 13.3. The Morgan fingerprint density at radius 3 is 2.22 bits per heavy atom. The molecule has 0 aromatic rings. The van der Waals surface area contributed by atoms with Gasteiger partial charge in [-0.25, -0.2) is 4.79 Å². The van der Waals surface area contributed by atoms with Crippen molar-refractivity contribution < 1.29 is 9.90 Å². The number of amides is 1. The average Bonchev–Trinajstić information content (AvgIpc) is 1.63. The van der Waals surface area contributed by atoms with Crippen LogP contribution in [-0.2, 0) is 0 Å². The van der Waals surface area contributed by atoms with Crippen LogP contribution in [0.5, 0.6) is 0 Å². The highest BCUT2D eigenvalue weighted by Gasteiger charge is 2.08. The molecule has 2 N–H and O–H groups in total. The van der Waals surface area contributed by atoms with Crippen molar-refractivity contribution in [3.05, 3.63) is 0 Å². The van der Waals surface area contributed by atoms with Gasteiger partial charge in [0.2, 0.25) is 0 Å². The van der Waals surface area contributed by atoms with E-state index in [2.05, 4.69) is 17.9 Å². The van der Waals surface area contributed by atoms with E-state index in [0.29, 0.717) is 0 Å². The average molecular weight is 149 g/mol. The summed E-state index contributed by atoms with van der Waals surface area (Å²) in [6, 6.07) is 0. The molecule has 0 saturated heterocycles. The van der Waals surface area contributed by atoms with Crippen LogP contribution in [0.15, 0.2) is 0 Å². The lowest BCUT2D eigenvalue weighted by Crippen LogP contribution is -2.32. The fraction of sp³-hybridized carbons (Fsp3) is 0.800. The maximum Gasteiger partial charge on any atom is 0.405 e. The summed E-state index contributed by atoms with van der Waals surface area (Å²) < 4.78 is 0. The molecule has 0 saturated carbocycles. The van der Waals surface area contributed by atoms with Crippen LogP contribution in [0.4, 0.5) is 4.79 Å². The van der Waals surface area contributed by atoms with Gasteiger partial charge < -0.3 is 10.4 Å². The molecule has 54 valence electrons. The lowest BCUT2D eigenvalue weighted by molar-refractivity contribution is 0.191. The van der Waals surface area contributed by atoms with Crippen molar-refractivity contribution in [1.29, 1.82) is 0 Å². The van der Waals surface area contributed by atoms with E-state index in [1.54, 1.807) is 0 Å². The van der Waals surface area contributed by atoms with Gasteiger partial charge in [-0.1, -0.05) is 13.8 Å². The van der Waals surface area contributed by atoms with Crippen molar-refractivity contribution in [3.8, 4) is 0 Å². The molecule has 9 heavy (non-hydrogen) atoms. The molecule has 0 aliphatic rings. The number of carbonyl (C=O) groups is 1. The zero-order valence-corrected chi connectivity index (χ0v) is 6.35. The third kappa shape index (κ3) is 4.14. The van der Waals surface area contributed by atoms with Crippen molar-refractivity contribution in [3.63, 3.8) is 0 Å². The van der Waals surface area contributed by atoms with E-state index in [0.717, 1.165) is 0 Å². The first-order valence-corrected chi connectivity index (χ1v) is 3.23. The van der Waals surface area contributed by atoms with Crippen LogP contribution in [-0.4, -0.2) is 16.6 Å². The molecule has 0 aromatic carbocycles. The third-order valence-electron chi connectivity index (χ3n) is 0.903. The molecule has 1 amide bonds. The fourth-order valence-corrected chi connectivity index (χ4v) is 0.404. The Morgan fingerprint density at radius 1 is 1.67 bits per heavy atom. The number of hydrogen-bond acceptors (Lipinski definition) is 2. The van der Waals surface area contributed by atoms with E-state index in [-0.39, 0.29) is 11.3 Å². The summed E-state index contributed by atoms with van der Waals surface area (Å²) in [7, 11) is 0. The van der Waals surface area contributed by atoms with Crippen molar-refractivity contribution in [2.45, 2.75) is 19.2 Å². The molecule has 0 rings (SSSR count). The molecule has 0 aromatic heterocycles. The smallest absolute Gasteiger partial charge is 0.405 e. The lowest BCUT2D eigenvalue weighted by Gasteiger charge is -2.13. The van der Waals surface area contributed by atoms with Crippen LogP contribution in [0.1, 0.15) is 13.8 Å². The second-order valence-corrected chi connectivity index (χ2v) is 2.69. The molecule has 1 unspecified atom stereocenters. The van der Waals surface area contributed by atoms with E-state index < -0.39 is 6.09 Å². The van der Waals surface area contributed by atoms with Crippen LogP contribution in [0.2, 0.25) is 0 Å². The Kier molecular flexibility index (Phi) is 3.46. The van der Waals surface area contributed by atoms with Crippen LogP contribution in [0, 0.1) is 5.92 Å². The summed E-state index contributed by atoms with van der Waals surface area (Å²) >= 11 is 3.97. The standard InChI is InChI=1S/C5H11NO2S/c1-3(2)4(9)6-5(7)8/h3-4,6,9H,1-2H3,(H,7,8). The van der Waals surface area contributed by atoms with Gasteiger partial charge in [-0.2, -0.15) is 12.6 Å². The summed E-state index contributed by atoms with van der Waals surface area (Å²) in [5.74, 6) is 0.226. The van der Waals surface area contributed by atoms with Crippen LogP contribution in [0.3, 0.4) is 0 Å². The van der Waals surface area contributed by atoms with Gasteiger partial charge >= 0.3 is 6.09 Å². The van der Waals surface area contributed by atoms with E-state index in [1.165, 1.54) is 0 Å². The van der Waals surface area contributed by atoms with Crippen molar-refractivity contribution in [2.75, 3.05) is 0 Å². The van der Waals surface area contributed by atoms with Crippen LogP contribution >= 0.6 is 12.6 Å². The highest BCUT2D eigenvalue weighted by molar-refractivity contribution is 7.80. The predicted molar refractivity (Wildman–Crippen MR) is 38.8 cm³/mol. The first kappa shape index (κ1) is 8.62. The number of rotatable bonds is 2. The Labute approximate surface area is 59.9 Å². The Morgan fingerprint density at radius 2 is 2.11 bits per heavy atom. The number of hydrogen-bond donors (Lipinski definition) is 3. The molecule has 0 spiro atoms. The van der Waals surface area contributed by atoms with Crippen molar-refractivity contribution in [2.24, 2.45) is 5.92 Å². The van der Waals surface area contributed by atoms with Crippen molar-refractivity contribution >= 4 is 18.7 Å². The van der Waals surface area contributed by atoms with E-state index in [4.69, 9.17) is 5.11 Å². The summed E-state index contributed by atoms with van der Waals surface area (Å²) in [5.41, 5.74) is 0. The topological polar surface area (TPSA) is 49.3 Å². The zero-order chi connectivity index (χ0) is 7.44. The highest BCUT2D eigenvalue weighted by atomic mass is 32.1. The molecule has 0 bridgehead atoms. The quantitative estimate of drug-likeness (QED) is 0.407. The second-order valence-electron chi connectivity index (χ2n) is 2.14. The van der Waals surface area contributed by atoms with E-state index in [9.17, 15) is 4.79 Å². The minimum Gasteiger partial charge on any atom is -0.465 e. The molecule has 0 fully saturated rings. The summed E-state index contributed by atoms with van der Waals surface area (Å²) in [6.07, 6.45) is -1.02. The Hall–Kier alpha value is -0.380. The van der Waals surface area contributed by atoms with Crippen LogP contribution in [0.25, 0.3) is 0 Å².